The molecule has 7 heteroatoms. The maximum atomic E-state index is 6.41. The molecule has 2 aromatic heterocycles. The van der Waals surface area contributed by atoms with Crippen molar-refractivity contribution in [3.63, 3.8) is 0 Å². The summed E-state index contributed by atoms with van der Waals surface area (Å²) in [6.45, 7) is 5.86. The van der Waals surface area contributed by atoms with Crippen LogP contribution in [0.1, 0.15) is 25.3 Å². The second-order valence-electron chi connectivity index (χ2n) is 8.03. The fourth-order valence-electron chi connectivity index (χ4n) is 4.10. The quantitative estimate of drug-likeness (QED) is 0.207. The molecule has 1 saturated heterocycles. The van der Waals surface area contributed by atoms with Gasteiger partial charge in [-0.2, -0.15) is 0 Å². The van der Waals surface area contributed by atoms with E-state index in [9.17, 15) is 0 Å². The number of fused-ring (bicyclic) bond motifs is 2. The van der Waals surface area contributed by atoms with Crippen LogP contribution in [0.25, 0.3) is 22.0 Å². The monoisotopic (exact) mass is 448 g/mol. The lowest BCUT2D eigenvalue weighted by atomic mass is 10.1. The minimum Gasteiger partial charge on any atom is -0.444 e. The predicted molar refractivity (Wildman–Crippen MR) is 130 cm³/mol. The van der Waals surface area contributed by atoms with Gasteiger partial charge in [0.25, 0.3) is 0 Å². The third-order valence-corrected chi connectivity index (χ3v) is 6.12. The molecule has 0 spiro atoms. The van der Waals surface area contributed by atoms with Gasteiger partial charge in [0.1, 0.15) is 12.9 Å². The van der Waals surface area contributed by atoms with E-state index in [1.165, 1.54) is 32.2 Å². The largest absolute Gasteiger partial charge is 0.444 e. The lowest BCUT2D eigenvalue weighted by Crippen LogP contribution is -2.23. The molecule has 0 radical (unpaired) electrons. The van der Waals surface area contributed by atoms with Gasteiger partial charge >= 0.3 is 0 Å². The summed E-state index contributed by atoms with van der Waals surface area (Å²) >= 11 is 6.41. The number of aromatic nitrogens is 1. The van der Waals surface area contributed by atoms with E-state index in [0.29, 0.717) is 17.3 Å². The molecule has 0 aliphatic carbocycles. The first-order valence-electron chi connectivity index (χ1n) is 10.9. The molecule has 0 amide bonds. The average Bonchev–Trinajstić information content (AvgIpc) is 3.47. The molecule has 5 rings (SSSR count). The molecule has 3 heterocycles. The van der Waals surface area contributed by atoms with Crippen LogP contribution in [0.2, 0.25) is 5.02 Å². The molecule has 0 bridgehead atoms. The van der Waals surface area contributed by atoms with E-state index in [2.05, 4.69) is 20.4 Å². The van der Waals surface area contributed by atoms with Crippen molar-refractivity contribution in [3.05, 3.63) is 65.4 Å². The number of nitrogens with one attached hydrogen (secondary N) is 1. The second kappa shape index (κ2) is 9.18. The number of oxime groups is 1. The van der Waals surface area contributed by atoms with Gasteiger partial charge in [-0.05, 0) is 56.6 Å². The summed E-state index contributed by atoms with van der Waals surface area (Å²) in [5.74, 6) is 0. The Morgan fingerprint density at radius 3 is 2.75 bits per heavy atom. The highest BCUT2D eigenvalue weighted by atomic mass is 35.5. The Kier molecular flexibility index (Phi) is 5.97. The number of anilines is 2. The van der Waals surface area contributed by atoms with Crippen LogP contribution in [0.4, 0.5) is 11.4 Å². The molecular weight excluding hydrogens is 424 g/mol. The first-order valence-corrected chi connectivity index (χ1v) is 11.3. The fraction of sp³-hybridized carbons (Fsp3) is 0.280. The van der Waals surface area contributed by atoms with Crippen molar-refractivity contribution in [1.82, 2.24) is 9.88 Å². The van der Waals surface area contributed by atoms with Crippen molar-refractivity contribution in [2.45, 2.75) is 19.8 Å². The van der Waals surface area contributed by atoms with Gasteiger partial charge in [0.05, 0.1) is 27.3 Å². The third-order valence-electron chi connectivity index (χ3n) is 5.84. The number of hydrogen-bond acceptors (Lipinski definition) is 6. The van der Waals surface area contributed by atoms with E-state index in [-0.39, 0.29) is 0 Å². The summed E-state index contributed by atoms with van der Waals surface area (Å²) < 4.78 is 5.55. The molecule has 0 unspecified atom stereocenters. The van der Waals surface area contributed by atoms with Gasteiger partial charge in [-0.1, -0.05) is 47.1 Å². The van der Waals surface area contributed by atoms with Gasteiger partial charge in [-0.3, -0.25) is 4.90 Å². The van der Waals surface area contributed by atoms with Crippen molar-refractivity contribution in [2.24, 2.45) is 5.16 Å². The number of likely N-dealkylation sites (tertiary alicyclic amines) is 1. The Balaban J connectivity index is 1.33. The first kappa shape index (κ1) is 20.8. The van der Waals surface area contributed by atoms with Gasteiger partial charge < -0.3 is 14.6 Å². The molecule has 1 aliphatic rings. The molecule has 1 aliphatic heterocycles. The number of rotatable bonds is 7. The van der Waals surface area contributed by atoms with E-state index in [0.717, 1.165) is 45.5 Å². The number of halogens is 1. The van der Waals surface area contributed by atoms with Gasteiger partial charge in [0, 0.05) is 17.6 Å². The van der Waals surface area contributed by atoms with Crippen LogP contribution in [0.5, 0.6) is 0 Å². The maximum absolute atomic E-state index is 6.41. The van der Waals surface area contributed by atoms with Crippen LogP contribution in [-0.4, -0.2) is 41.8 Å². The lowest BCUT2D eigenvalue weighted by molar-refractivity contribution is 0.119. The second-order valence-corrected chi connectivity index (χ2v) is 8.44. The maximum Gasteiger partial charge on any atom is 0.230 e. The number of para-hydroxylation sites is 1. The highest BCUT2D eigenvalue weighted by molar-refractivity contribution is 6.37. The van der Waals surface area contributed by atoms with E-state index >= 15 is 0 Å². The Bertz CT molecular complexity index is 1260. The molecule has 0 saturated carbocycles. The Labute approximate surface area is 191 Å². The van der Waals surface area contributed by atoms with Crippen molar-refractivity contribution < 1.29 is 9.25 Å². The zero-order valence-corrected chi connectivity index (χ0v) is 18.7. The summed E-state index contributed by atoms with van der Waals surface area (Å²) in [5, 5.41) is 10.1. The predicted octanol–water partition coefficient (Wildman–Crippen LogP) is 6.21. The number of benzene rings is 2. The molecule has 1 fully saturated rings. The summed E-state index contributed by atoms with van der Waals surface area (Å²) in [6.07, 6.45) is 4.10. The summed E-state index contributed by atoms with van der Waals surface area (Å²) in [5.41, 5.74) is 5.05. The van der Waals surface area contributed by atoms with Crippen LogP contribution >= 0.6 is 11.6 Å². The fourth-order valence-corrected chi connectivity index (χ4v) is 4.32. The van der Waals surface area contributed by atoms with Gasteiger partial charge in [0.2, 0.25) is 5.71 Å². The van der Waals surface area contributed by atoms with E-state index < -0.39 is 0 Å². The Morgan fingerprint density at radius 2 is 1.94 bits per heavy atom. The number of hydrogen-bond donors (Lipinski definition) is 1. The minimum absolute atomic E-state index is 0.516. The molecule has 1 N–H and O–H groups in total. The van der Waals surface area contributed by atoms with Crippen LogP contribution < -0.4 is 5.32 Å². The summed E-state index contributed by atoms with van der Waals surface area (Å²) in [4.78, 5) is 12.5. The van der Waals surface area contributed by atoms with Gasteiger partial charge in [0.15, 0.2) is 0 Å². The Morgan fingerprint density at radius 1 is 1.16 bits per heavy atom. The van der Waals surface area contributed by atoms with E-state index in [1.54, 1.807) is 0 Å². The normalized spacial score (nSPS) is 15.0. The third kappa shape index (κ3) is 4.29. The molecule has 2 aromatic carbocycles. The van der Waals surface area contributed by atoms with Crippen LogP contribution in [-0.2, 0) is 4.84 Å². The van der Waals surface area contributed by atoms with Crippen LogP contribution in [0.3, 0.4) is 0 Å². The smallest absolute Gasteiger partial charge is 0.230 e. The highest BCUT2D eigenvalue weighted by Gasteiger charge is 2.15. The molecule has 6 nitrogen and oxygen atoms in total. The first-order chi connectivity index (χ1) is 15.7. The molecule has 0 atom stereocenters. The standard InChI is InChI=1S/C25H25ClN4O2/c1-17(29-32-15-14-30-12-4-5-13-30)18-8-10-19(11-9-18)27-24-20-6-2-3-7-22(20)28-25-23(24)21(26)16-31-25/h2-3,6-11,16H,4-5,12-15H2,1H3,(H,27,28)/b29-17+. The van der Waals surface area contributed by atoms with Crippen LogP contribution in [0.15, 0.2) is 64.4 Å². The van der Waals surface area contributed by atoms with Crippen LogP contribution in [0, 0.1) is 0 Å². The van der Waals surface area contributed by atoms with Gasteiger partial charge in [-0.15, -0.1) is 0 Å². The van der Waals surface area contributed by atoms with E-state index in [1.807, 2.05) is 55.5 Å². The summed E-state index contributed by atoms with van der Waals surface area (Å²) in [7, 11) is 0. The molecule has 32 heavy (non-hydrogen) atoms. The zero-order valence-electron chi connectivity index (χ0n) is 18.0. The summed E-state index contributed by atoms with van der Waals surface area (Å²) in [6, 6.07) is 16.0. The molecular formula is C25H25ClN4O2. The molecule has 4 aromatic rings. The van der Waals surface area contributed by atoms with Crippen molar-refractivity contribution in [1.29, 1.82) is 0 Å². The number of nitrogens with zero attached hydrogens (tertiary/aromatic N) is 3. The zero-order chi connectivity index (χ0) is 21.9. The van der Waals surface area contributed by atoms with E-state index in [4.69, 9.17) is 20.9 Å². The minimum atomic E-state index is 0.516. The van der Waals surface area contributed by atoms with Crippen molar-refractivity contribution >= 4 is 50.7 Å². The Hall–Kier alpha value is -3.09. The molecule has 164 valence electrons. The topological polar surface area (TPSA) is 62.9 Å². The van der Waals surface area contributed by atoms with Crippen molar-refractivity contribution in [3.8, 4) is 0 Å². The SMILES string of the molecule is C/C(=N\OCCN1CCCC1)c1ccc(Nc2c3ccccc3nc3occ(Cl)c23)cc1. The highest BCUT2D eigenvalue weighted by Crippen LogP contribution is 2.38. The van der Waals surface area contributed by atoms with Gasteiger partial charge in [-0.25, -0.2) is 4.98 Å². The van der Waals surface area contributed by atoms with Crippen molar-refractivity contribution in [2.75, 3.05) is 31.6 Å². The number of pyridine rings is 1. The number of furan rings is 1. The average molecular weight is 449 g/mol. The lowest BCUT2D eigenvalue weighted by Gasteiger charge is -2.13.